The van der Waals surface area contributed by atoms with Gasteiger partial charge < -0.3 is 0 Å². The van der Waals surface area contributed by atoms with Crippen LogP contribution in [0, 0.1) is 11.3 Å². The smallest absolute Gasteiger partial charge is 0.0661 e. The highest BCUT2D eigenvalue weighted by atomic mass is 14.7. The third-order valence-corrected chi connectivity index (χ3v) is 2.35. The molecular weight excluding hydrogens is 160 g/mol. The second kappa shape index (κ2) is 3.40. The molecule has 1 atom stereocenters. The molecule has 1 aliphatic carbocycles. The Hall–Kier alpha value is -1.62. The summed E-state index contributed by atoms with van der Waals surface area (Å²) in [7, 11) is 0. The molecule has 0 N–H and O–H groups in total. The molecule has 0 aromatic carbocycles. The van der Waals surface area contributed by atoms with E-state index in [1.807, 2.05) is 12.1 Å². The van der Waals surface area contributed by atoms with Gasteiger partial charge in [-0.3, -0.25) is 4.98 Å². The number of pyridine rings is 1. The Balaban J connectivity index is 2.39. The fourth-order valence-corrected chi connectivity index (χ4v) is 1.69. The topological polar surface area (TPSA) is 36.7 Å². The molecule has 0 aliphatic heterocycles. The lowest BCUT2D eigenvalue weighted by Crippen LogP contribution is -2.04. The maximum Gasteiger partial charge on any atom is 0.0661 e. The molecule has 0 radical (unpaired) electrons. The summed E-state index contributed by atoms with van der Waals surface area (Å²) < 4.78 is 0. The van der Waals surface area contributed by atoms with E-state index in [0.29, 0.717) is 12.3 Å². The van der Waals surface area contributed by atoms with Gasteiger partial charge in [0.25, 0.3) is 0 Å². The number of hydrogen-bond acceptors (Lipinski definition) is 2. The van der Waals surface area contributed by atoms with Crippen molar-refractivity contribution in [2.75, 3.05) is 0 Å². The summed E-state index contributed by atoms with van der Waals surface area (Å²) in [5.41, 5.74) is 2.24. The first-order valence-corrected chi connectivity index (χ1v) is 4.40. The van der Waals surface area contributed by atoms with Crippen molar-refractivity contribution >= 4 is 6.08 Å². The van der Waals surface area contributed by atoms with Crippen molar-refractivity contribution in [3.63, 3.8) is 0 Å². The maximum absolute atomic E-state index is 8.65. The summed E-state index contributed by atoms with van der Waals surface area (Å²) in [4.78, 5) is 4.26. The quantitative estimate of drug-likeness (QED) is 0.649. The minimum atomic E-state index is 0.346. The van der Waals surface area contributed by atoms with E-state index >= 15 is 0 Å². The van der Waals surface area contributed by atoms with Crippen molar-refractivity contribution < 1.29 is 0 Å². The summed E-state index contributed by atoms with van der Waals surface area (Å²) in [6, 6.07) is 6.21. The van der Waals surface area contributed by atoms with E-state index in [0.717, 1.165) is 12.1 Å². The molecule has 0 amide bonds. The van der Waals surface area contributed by atoms with Crippen LogP contribution in [-0.4, -0.2) is 4.98 Å². The zero-order chi connectivity index (χ0) is 9.10. The summed E-state index contributed by atoms with van der Waals surface area (Å²) in [5.74, 6) is 0.346. The fraction of sp³-hybridized carbons (Fsp3) is 0.273. The molecule has 0 bridgehead atoms. The normalized spacial score (nSPS) is 19.2. The van der Waals surface area contributed by atoms with Crippen LogP contribution in [0.5, 0.6) is 0 Å². The lowest BCUT2D eigenvalue weighted by atomic mass is 9.88. The molecular formula is C11H10N2. The molecule has 1 aromatic heterocycles. The molecule has 1 heterocycles. The molecule has 0 unspecified atom stereocenters. The predicted octanol–water partition coefficient (Wildman–Crippen LogP) is 2.50. The van der Waals surface area contributed by atoms with Crippen molar-refractivity contribution in [3.05, 3.63) is 35.7 Å². The van der Waals surface area contributed by atoms with Crippen LogP contribution in [0.2, 0.25) is 0 Å². The van der Waals surface area contributed by atoms with Crippen LogP contribution in [-0.2, 0) is 0 Å². The average molecular weight is 170 g/mol. The van der Waals surface area contributed by atoms with Gasteiger partial charge in [0.1, 0.15) is 0 Å². The van der Waals surface area contributed by atoms with E-state index in [1.54, 1.807) is 6.20 Å². The largest absolute Gasteiger partial charge is 0.257 e. The molecule has 2 heteroatoms. The van der Waals surface area contributed by atoms with E-state index in [-0.39, 0.29) is 0 Å². The number of aromatic nitrogens is 1. The van der Waals surface area contributed by atoms with Crippen LogP contribution in [0.4, 0.5) is 0 Å². The predicted molar refractivity (Wildman–Crippen MR) is 50.9 cm³/mol. The lowest BCUT2D eigenvalue weighted by Gasteiger charge is -2.17. The first-order valence-electron chi connectivity index (χ1n) is 4.40. The van der Waals surface area contributed by atoms with E-state index in [4.69, 9.17) is 5.26 Å². The summed E-state index contributed by atoms with van der Waals surface area (Å²) >= 11 is 0. The average Bonchev–Trinajstić information content (AvgIpc) is 2.19. The Labute approximate surface area is 77.5 Å². The summed E-state index contributed by atoms with van der Waals surface area (Å²) in [5, 5.41) is 8.65. The van der Waals surface area contributed by atoms with Crippen LogP contribution >= 0.6 is 0 Å². The molecule has 0 fully saturated rings. The van der Waals surface area contributed by atoms with Crippen LogP contribution in [0.15, 0.2) is 24.4 Å². The third kappa shape index (κ3) is 1.46. The highest BCUT2D eigenvalue weighted by Gasteiger charge is 2.16. The fourth-order valence-electron chi connectivity index (χ4n) is 1.69. The Morgan fingerprint density at radius 3 is 3.38 bits per heavy atom. The molecule has 64 valence electrons. The highest BCUT2D eigenvalue weighted by Crippen LogP contribution is 2.30. The number of fused-ring (bicyclic) bond motifs is 1. The van der Waals surface area contributed by atoms with Gasteiger partial charge in [-0.05, 0) is 24.1 Å². The van der Waals surface area contributed by atoms with Gasteiger partial charge >= 0.3 is 0 Å². The zero-order valence-corrected chi connectivity index (χ0v) is 7.27. The van der Waals surface area contributed by atoms with Crippen LogP contribution in [0.3, 0.4) is 0 Å². The number of rotatable bonds is 1. The highest BCUT2D eigenvalue weighted by molar-refractivity contribution is 5.53. The molecule has 0 spiro atoms. The molecule has 1 aliphatic rings. The second-order valence-electron chi connectivity index (χ2n) is 3.18. The number of nitrogens with zero attached hydrogens (tertiary/aromatic N) is 2. The number of hydrogen-bond donors (Lipinski definition) is 0. The number of nitriles is 1. The van der Waals surface area contributed by atoms with Gasteiger partial charge in [-0.2, -0.15) is 5.26 Å². The Morgan fingerprint density at radius 1 is 1.62 bits per heavy atom. The van der Waals surface area contributed by atoms with E-state index < -0.39 is 0 Å². The van der Waals surface area contributed by atoms with Crippen molar-refractivity contribution in [3.8, 4) is 6.07 Å². The van der Waals surface area contributed by atoms with Gasteiger partial charge in [0.05, 0.1) is 11.8 Å². The lowest BCUT2D eigenvalue weighted by molar-refractivity contribution is 0.706. The second-order valence-corrected chi connectivity index (χ2v) is 3.18. The Bertz CT molecular complexity index is 374. The first-order chi connectivity index (χ1) is 6.42. The minimum absolute atomic E-state index is 0.346. The Morgan fingerprint density at radius 2 is 2.54 bits per heavy atom. The molecule has 13 heavy (non-hydrogen) atoms. The summed E-state index contributed by atoms with van der Waals surface area (Å²) in [6.07, 6.45) is 7.47. The zero-order valence-electron chi connectivity index (χ0n) is 7.27. The molecule has 2 rings (SSSR count). The van der Waals surface area contributed by atoms with Gasteiger partial charge in [-0.25, -0.2) is 0 Å². The van der Waals surface area contributed by atoms with E-state index in [9.17, 15) is 0 Å². The van der Waals surface area contributed by atoms with Gasteiger partial charge in [0.15, 0.2) is 0 Å². The monoisotopic (exact) mass is 170 g/mol. The SMILES string of the molecule is N#CC[C@H]1CC=Cc2ncccc21. The molecule has 0 saturated heterocycles. The molecule has 1 aromatic rings. The van der Waals surface area contributed by atoms with Crippen molar-refractivity contribution in [1.29, 1.82) is 5.26 Å². The third-order valence-electron chi connectivity index (χ3n) is 2.35. The maximum atomic E-state index is 8.65. The molecule has 2 nitrogen and oxygen atoms in total. The van der Waals surface area contributed by atoms with Gasteiger partial charge in [-0.1, -0.05) is 12.1 Å². The van der Waals surface area contributed by atoms with Gasteiger partial charge in [-0.15, -0.1) is 0 Å². The van der Waals surface area contributed by atoms with Crippen LogP contribution in [0.25, 0.3) is 6.08 Å². The van der Waals surface area contributed by atoms with Crippen molar-refractivity contribution in [2.24, 2.45) is 0 Å². The Kier molecular flexibility index (Phi) is 2.09. The van der Waals surface area contributed by atoms with E-state index in [2.05, 4.69) is 23.2 Å². The van der Waals surface area contributed by atoms with E-state index in [1.165, 1.54) is 5.56 Å². The minimum Gasteiger partial charge on any atom is -0.257 e. The van der Waals surface area contributed by atoms with Gasteiger partial charge in [0.2, 0.25) is 0 Å². The first kappa shape index (κ1) is 8.00. The van der Waals surface area contributed by atoms with Crippen molar-refractivity contribution in [1.82, 2.24) is 4.98 Å². The van der Waals surface area contributed by atoms with Crippen LogP contribution in [0.1, 0.15) is 30.0 Å². The van der Waals surface area contributed by atoms with Crippen LogP contribution < -0.4 is 0 Å². The van der Waals surface area contributed by atoms with Crippen molar-refractivity contribution in [2.45, 2.75) is 18.8 Å². The standard InChI is InChI=1S/C11H10N2/c12-7-6-9-3-1-5-11-10(9)4-2-8-13-11/h1-2,4-5,8-9H,3,6H2/t9-/m1/s1. The number of allylic oxidation sites excluding steroid dienone is 1. The molecule has 0 saturated carbocycles. The van der Waals surface area contributed by atoms with Gasteiger partial charge in [0, 0.05) is 18.5 Å². The summed E-state index contributed by atoms with van der Waals surface area (Å²) in [6.45, 7) is 0.